The van der Waals surface area contributed by atoms with E-state index in [1.54, 1.807) is 0 Å². The predicted octanol–water partition coefficient (Wildman–Crippen LogP) is 5.56. The van der Waals surface area contributed by atoms with Crippen LogP contribution in [0.25, 0.3) is 11.1 Å². The molecule has 0 fully saturated rings. The van der Waals surface area contributed by atoms with Crippen molar-refractivity contribution in [3.8, 4) is 11.1 Å². The van der Waals surface area contributed by atoms with Crippen LogP contribution in [0, 0.1) is 5.82 Å². The van der Waals surface area contributed by atoms with E-state index in [0.29, 0.717) is 0 Å². The number of ether oxygens (including phenoxy) is 1. The lowest BCUT2D eigenvalue weighted by Crippen LogP contribution is -2.31. The molecule has 0 saturated heterocycles. The summed E-state index contributed by atoms with van der Waals surface area (Å²) in [5.74, 6) is -0.786. The summed E-state index contributed by atoms with van der Waals surface area (Å²) in [6.45, 7) is 0.218. The zero-order chi connectivity index (χ0) is 23.5. The van der Waals surface area contributed by atoms with Gasteiger partial charge in [0.1, 0.15) is 18.5 Å². The molecular formula is C25H22BrClFNO4. The Morgan fingerprint density at radius 2 is 1.70 bits per heavy atom. The van der Waals surface area contributed by atoms with Crippen molar-refractivity contribution in [2.75, 3.05) is 13.2 Å². The molecule has 8 heteroatoms. The van der Waals surface area contributed by atoms with Crippen LogP contribution in [-0.2, 0) is 4.74 Å². The number of alkyl carbamates (subject to hydrolysis) is 1. The van der Waals surface area contributed by atoms with Gasteiger partial charge in [0, 0.05) is 27.5 Å². The molecule has 2 unspecified atom stereocenters. The molecule has 1 aliphatic carbocycles. The van der Waals surface area contributed by atoms with Gasteiger partial charge in [0.25, 0.3) is 0 Å². The highest BCUT2D eigenvalue weighted by Gasteiger charge is 2.29. The number of amides is 1. The summed E-state index contributed by atoms with van der Waals surface area (Å²) >= 11 is 8.93. The minimum atomic E-state index is -1.49. The number of aliphatic hydroxyl groups excluding tert-OH is 2. The topological polar surface area (TPSA) is 78.8 Å². The monoisotopic (exact) mass is 533 g/mol. The normalized spacial score (nSPS) is 14.3. The van der Waals surface area contributed by atoms with Gasteiger partial charge in [-0.15, -0.1) is 0 Å². The number of hydrogen-bond donors (Lipinski definition) is 3. The van der Waals surface area contributed by atoms with Crippen molar-refractivity contribution in [1.29, 1.82) is 0 Å². The van der Waals surface area contributed by atoms with Crippen molar-refractivity contribution in [3.63, 3.8) is 0 Å². The molecule has 0 bridgehead atoms. The second kappa shape index (κ2) is 10.2. The fourth-order valence-electron chi connectivity index (χ4n) is 4.16. The molecule has 5 nitrogen and oxygen atoms in total. The largest absolute Gasteiger partial charge is 0.449 e. The highest BCUT2D eigenvalue weighted by atomic mass is 79.9. The highest BCUT2D eigenvalue weighted by molar-refractivity contribution is 9.10. The summed E-state index contributed by atoms with van der Waals surface area (Å²) in [7, 11) is 0. The summed E-state index contributed by atoms with van der Waals surface area (Å²) in [6.07, 6.45) is -3.41. The van der Waals surface area contributed by atoms with Crippen LogP contribution in [-0.4, -0.2) is 35.6 Å². The van der Waals surface area contributed by atoms with Gasteiger partial charge in [0.2, 0.25) is 0 Å². The number of fused-ring (bicyclic) bond motifs is 3. The standard InChI is InChI=1S/C25H22BrClFNO4/c26-20-11-14(27)12-21(28)23(20)24(31)22(30)9-10-29-25(32)33-13-19-17-7-3-1-5-15(17)16-6-2-4-8-18(16)19/h1-8,11-12,19,22,24,30-31H,9-10,13H2,(H,29,32). The Labute approximate surface area is 204 Å². The van der Waals surface area contributed by atoms with Gasteiger partial charge < -0.3 is 20.3 Å². The Morgan fingerprint density at radius 1 is 1.09 bits per heavy atom. The second-order valence-electron chi connectivity index (χ2n) is 7.84. The van der Waals surface area contributed by atoms with E-state index in [9.17, 15) is 19.4 Å². The molecule has 0 radical (unpaired) electrons. The van der Waals surface area contributed by atoms with Crippen LogP contribution in [0.15, 0.2) is 65.1 Å². The molecule has 2 atom stereocenters. The maximum atomic E-state index is 14.2. The van der Waals surface area contributed by atoms with Crippen LogP contribution in [0.3, 0.4) is 0 Å². The lowest BCUT2D eigenvalue weighted by molar-refractivity contribution is 0.0112. The first-order valence-corrected chi connectivity index (χ1v) is 11.6. The molecule has 4 rings (SSSR count). The van der Waals surface area contributed by atoms with Crippen LogP contribution in [0.5, 0.6) is 0 Å². The van der Waals surface area contributed by atoms with Gasteiger partial charge in [-0.05, 0) is 40.8 Å². The Balaban J connectivity index is 1.30. The first-order valence-electron chi connectivity index (χ1n) is 10.5. The number of halogens is 3. The van der Waals surface area contributed by atoms with Crippen molar-refractivity contribution in [2.45, 2.75) is 24.5 Å². The zero-order valence-electron chi connectivity index (χ0n) is 17.5. The Kier molecular flexibility index (Phi) is 7.34. The lowest BCUT2D eigenvalue weighted by atomic mass is 9.98. The maximum Gasteiger partial charge on any atom is 0.407 e. The fourth-order valence-corrected chi connectivity index (χ4v) is 5.16. The third kappa shape index (κ3) is 5.06. The lowest BCUT2D eigenvalue weighted by Gasteiger charge is -2.20. The molecule has 172 valence electrons. The van der Waals surface area contributed by atoms with Crippen LogP contribution in [0.2, 0.25) is 5.02 Å². The van der Waals surface area contributed by atoms with Crippen LogP contribution in [0.4, 0.5) is 9.18 Å². The van der Waals surface area contributed by atoms with Gasteiger partial charge in [0.15, 0.2) is 0 Å². The molecule has 3 N–H and O–H groups in total. The van der Waals surface area contributed by atoms with Crippen LogP contribution in [0.1, 0.15) is 35.1 Å². The average molecular weight is 535 g/mol. The quantitative estimate of drug-likeness (QED) is 0.371. The number of rotatable bonds is 7. The summed E-state index contributed by atoms with van der Waals surface area (Å²) in [5, 5.41) is 23.3. The summed E-state index contributed by atoms with van der Waals surface area (Å²) in [4.78, 5) is 12.2. The molecule has 0 saturated carbocycles. The number of hydrogen-bond acceptors (Lipinski definition) is 4. The zero-order valence-corrected chi connectivity index (χ0v) is 19.8. The van der Waals surface area contributed by atoms with Gasteiger partial charge >= 0.3 is 6.09 Å². The van der Waals surface area contributed by atoms with Gasteiger partial charge in [0.05, 0.1) is 6.10 Å². The van der Waals surface area contributed by atoms with E-state index in [1.807, 2.05) is 36.4 Å². The van der Waals surface area contributed by atoms with Crippen molar-refractivity contribution >= 4 is 33.6 Å². The first kappa shape index (κ1) is 23.7. The summed E-state index contributed by atoms with van der Waals surface area (Å²) in [6, 6.07) is 18.6. The van der Waals surface area contributed by atoms with Crippen molar-refractivity contribution in [1.82, 2.24) is 5.32 Å². The second-order valence-corrected chi connectivity index (χ2v) is 9.13. The maximum absolute atomic E-state index is 14.2. The van der Waals surface area contributed by atoms with Gasteiger partial charge in [-0.1, -0.05) is 76.1 Å². The molecule has 1 amide bonds. The predicted molar refractivity (Wildman–Crippen MR) is 128 cm³/mol. The van der Waals surface area contributed by atoms with E-state index in [-0.39, 0.29) is 40.5 Å². The molecule has 1 aliphatic rings. The Hall–Kier alpha value is -2.45. The molecule has 33 heavy (non-hydrogen) atoms. The fraction of sp³-hybridized carbons (Fsp3) is 0.240. The highest BCUT2D eigenvalue weighted by Crippen LogP contribution is 2.44. The third-order valence-corrected chi connectivity index (χ3v) is 6.63. The summed E-state index contributed by atoms with van der Waals surface area (Å²) in [5.41, 5.74) is 4.41. The molecule has 0 spiro atoms. The molecule has 3 aromatic carbocycles. The number of carbonyl (C=O) groups is 1. The van der Waals surface area contributed by atoms with Crippen molar-refractivity contribution < 1.29 is 24.1 Å². The number of nitrogens with one attached hydrogen (secondary N) is 1. The minimum absolute atomic E-state index is 0.000130. The number of carbonyl (C=O) groups excluding carboxylic acids is 1. The number of aliphatic hydroxyl groups is 2. The van der Waals surface area contributed by atoms with E-state index in [0.717, 1.165) is 28.3 Å². The van der Waals surface area contributed by atoms with Crippen LogP contribution < -0.4 is 5.32 Å². The molecule has 0 heterocycles. The molecular weight excluding hydrogens is 513 g/mol. The summed E-state index contributed by atoms with van der Waals surface area (Å²) < 4.78 is 19.9. The minimum Gasteiger partial charge on any atom is -0.449 e. The van der Waals surface area contributed by atoms with E-state index in [2.05, 4.69) is 33.4 Å². The van der Waals surface area contributed by atoms with Crippen molar-refractivity contribution in [3.05, 3.63) is 92.7 Å². The van der Waals surface area contributed by atoms with Gasteiger partial charge in [-0.25, -0.2) is 9.18 Å². The smallest absolute Gasteiger partial charge is 0.407 e. The SMILES string of the molecule is O=C(NCCC(O)C(O)c1c(F)cc(Cl)cc1Br)OCC1c2ccccc2-c2ccccc21. The van der Waals surface area contributed by atoms with E-state index >= 15 is 0 Å². The Morgan fingerprint density at radius 3 is 2.30 bits per heavy atom. The molecule has 0 aliphatic heterocycles. The Bertz CT molecular complexity index is 1110. The van der Waals surface area contributed by atoms with Crippen LogP contribution >= 0.6 is 27.5 Å². The van der Waals surface area contributed by atoms with Gasteiger partial charge in [-0.2, -0.15) is 0 Å². The van der Waals surface area contributed by atoms with Gasteiger partial charge in [-0.3, -0.25) is 0 Å². The number of benzene rings is 3. The van der Waals surface area contributed by atoms with E-state index < -0.39 is 24.1 Å². The van der Waals surface area contributed by atoms with Crippen molar-refractivity contribution in [2.24, 2.45) is 0 Å². The average Bonchev–Trinajstić information content (AvgIpc) is 3.10. The van der Waals surface area contributed by atoms with E-state index in [4.69, 9.17) is 16.3 Å². The third-order valence-electron chi connectivity index (χ3n) is 5.76. The molecule has 3 aromatic rings. The van der Waals surface area contributed by atoms with E-state index in [1.165, 1.54) is 6.07 Å². The first-order chi connectivity index (χ1) is 15.9. The molecule has 0 aromatic heterocycles.